The summed E-state index contributed by atoms with van der Waals surface area (Å²) < 4.78 is 0. The molecule has 2 nitrogen and oxygen atoms in total. The highest BCUT2D eigenvalue weighted by Crippen LogP contribution is 2.29. The highest BCUT2D eigenvalue weighted by molar-refractivity contribution is 7.99. The Morgan fingerprint density at radius 3 is 2.95 bits per heavy atom. The van der Waals surface area contributed by atoms with Crippen LogP contribution in [0.15, 0.2) is 18.2 Å². The third-order valence-electron chi connectivity index (χ3n) is 3.55. The van der Waals surface area contributed by atoms with Gasteiger partial charge in [-0.2, -0.15) is 11.8 Å². The molecule has 1 atom stereocenters. The van der Waals surface area contributed by atoms with Crippen molar-refractivity contribution in [3.63, 3.8) is 0 Å². The van der Waals surface area contributed by atoms with Crippen LogP contribution in [0.5, 0.6) is 0 Å². The van der Waals surface area contributed by atoms with Crippen LogP contribution in [0.4, 0.5) is 5.69 Å². The van der Waals surface area contributed by atoms with Crippen LogP contribution in [-0.2, 0) is 0 Å². The van der Waals surface area contributed by atoms with Gasteiger partial charge in [0, 0.05) is 35.6 Å². The molecule has 19 heavy (non-hydrogen) atoms. The van der Waals surface area contributed by atoms with Crippen molar-refractivity contribution in [1.29, 1.82) is 0 Å². The van der Waals surface area contributed by atoms with E-state index in [4.69, 9.17) is 11.6 Å². The summed E-state index contributed by atoms with van der Waals surface area (Å²) in [4.78, 5) is 2.45. The molecule has 1 aliphatic heterocycles. The third kappa shape index (κ3) is 4.04. The van der Waals surface area contributed by atoms with Gasteiger partial charge >= 0.3 is 0 Å². The number of hydrogen-bond donors (Lipinski definition) is 1. The van der Waals surface area contributed by atoms with Crippen LogP contribution in [0.1, 0.15) is 31.9 Å². The molecule has 0 aromatic heterocycles. The molecule has 0 aliphatic carbocycles. The maximum Gasteiger partial charge on any atom is 0.0474 e. The van der Waals surface area contributed by atoms with Crippen molar-refractivity contribution in [3.05, 3.63) is 28.8 Å². The standard InChI is InChI=1S/C15H23ClN2S/c1-3-17-12(2)14-6-5-13(11-15(14)16)18-7-4-9-19-10-8-18/h5-6,11-12,17H,3-4,7-10H2,1-2H3. The van der Waals surface area contributed by atoms with Gasteiger partial charge in [0.2, 0.25) is 0 Å². The van der Waals surface area contributed by atoms with E-state index in [1.165, 1.54) is 29.2 Å². The van der Waals surface area contributed by atoms with E-state index in [9.17, 15) is 0 Å². The topological polar surface area (TPSA) is 15.3 Å². The number of halogens is 1. The molecule has 0 radical (unpaired) electrons. The van der Waals surface area contributed by atoms with Gasteiger partial charge in [0.1, 0.15) is 0 Å². The fourth-order valence-corrected chi connectivity index (χ4v) is 3.71. The molecule has 106 valence electrons. The second-order valence-electron chi connectivity index (χ2n) is 4.94. The van der Waals surface area contributed by atoms with Gasteiger partial charge in [-0.3, -0.25) is 0 Å². The van der Waals surface area contributed by atoms with Crippen molar-refractivity contribution < 1.29 is 0 Å². The summed E-state index contributed by atoms with van der Waals surface area (Å²) in [6.45, 7) is 7.51. The molecule has 0 amide bonds. The van der Waals surface area contributed by atoms with E-state index in [0.29, 0.717) is 6.04 Å². The molecule has 1 aromatic rings. The molecule has 1 saturated heterocycles. The summed E-state index contributed by atoms with van der Waals surface area (Å²) >= 11 is 8.50. The minimum atomic E-state index is 0.311. The zero-order valence-electron chi connectivity index (χ0n) is 11.8. The van der Waals surface area contributed by atoms with Crippen molar-refractivity contribution >= 4 is 29.1 Å². The predicted octanol–water partition coefficient (Wildman–Crippen LogP) is 3.95. The smallest absolute Gasteiger partial charge is 0.0474 e. The van der Waals surface area contributed by atoms with Gasteiger partial charge in [0.15, 0.2) is 0 Å². The summed E-state index contributed by atoms with van der Waals surface area (Å²) in [6, 6.07) is 6.82. The fraction of sp³-hybridized carbons (Fsp3) is 0.600. The first kappa shape index (κ1) is 15.0. The Bertz CT molecular complexity index is 403. The fourth-order valence-electron chi connectivity index (χ4n) is 2.48. The van der Waals surface area contributed by atoms with Crippen LogP contribution in [0.25, 0.3) is 0 Å². The molecule has 0 spiro atoms. The van der Waals surface area contributed by atoms with Crippen LogP contribution in [0.3, 0.4) is 0 Å². The molecular formula is C15H23ClN2S. The molecule has 4 heteroatoms. The summed E-state index contributed by atoms with van der Waals surface area (Å²) in [5.74, 6) is 2.49. The second-order valence-corrected chi connectivity index (χ2v) is 6.57. The van der Waals surface area contributed by atoms with Crippen LogP contribution in [0, 0.1) is 0 Å². The van der Waals surface area contributed by atoms with Crippen LogP contribution in [-0.4, -0.2) is 31.1 Å². The molecular weight excluding hydrogens is 276 g/mol. The van der Waals surface area contributed by atoms with Gasteiger partial charge in [-0.25, -0.2) is 0 Å². The normalized spacial score (nSPS) is 18.2. The predicted molar refractivity (Wildman–Crippen MR) is 87.7 cm³/mol. The molecule has 1 unspecified atom stereocenters. The molecule has 2 rings (SSSR count). The van der Waals surface area contributed by atoms with Gasteiger partial charge in [-0.05, 0) is 43.3 Å². The van der Waals surface area contributed by atoms with Gasteiger partial charge in [-0.15, -0.1) is 0 Å². The molecule has 1 aromatic carbocycles. The van der Waals surface area contributed by atoms with Crippen molar-refractivity contribution in [2.24, 2.45) is 0 Å². The van der Waals surface area contributed by atoms with Gasteiger partial charge in [0.05, 0.1) is 0 Å². The number of thioether (sulfide) groups is 1. The first-order chi connectivity index (χ1) is 9.22. The lowest BCUT2D eigenvalue weighted by Gasteiger charge is -2.24. The van der Waals surface area contributed by atoms with Crippen molar-refractivity contribution in [2.45, 2.75) is 26.3 Å². The minimum absolute atomic E-state index is 0.311. The first-order valence-corrected chi connectivity index (χ1v) is 8.61. The number of benzene rings is 1. The second kappa shape index (κ2) is 7.41. The average molecular weight is 299 g/mol. The lowest BCUT2D eigenvalue weighted by Crippen LogP contribution is -2.25. The summed E-state index contributed by atoms with van der Waals surface area (Å²) in [6.07, 6.45) is 1.26. The molecule has 1 N–H and O–H groups in total. The highest BCUT2D eigenvalue weighted by Gasteiger charge is 2.13. The van der Waals surface area contributed by atoms with Gasteiger partial charge in [-0.1, -0.05) is 24.6 Å². The number of anilines is 1. The minimum Gasteiger partial charge on any atom is -0.371 e. The van der Waals surface area contributed by atoms with E-state index in [1.54, 1.807) is 0 Å². The van der Waals surface area contributed by atoms with Crippen molar-refractivity contribution in [3.8, 4) is 0 Å². The van der Waals surface area contributed by atoms with Gasteiger partial charge < -0.3 is 10.2 Å². The monoisotopic (exact) mass is 298 g/mol. The van der Waals surface area contributed by atoms with Gasteiger partial charge in [0.25, 0.3) is 0 Å². The summed E-state index contributed by atoms with van der Waals surface area (Å²) in [7, 11) is 0. The van der Waals surface area contributed by atoms with E-state index in [0.717, 1.165) is 24.7 Å². The van der Waals surface area contributed by atoms with E-state index in [1.807, 2.05) is 11.8 Å². The number of nitrogens with one attached hydrogen (secondary N) is 1. The SMILES string of the molecule is CCNC(C)c1ccc(N2CCCSCC2)cc1Cl. The number of nitrogens with zero attached hydrogens (tertiary/aromatic N) is 1. The largest absolute Gasteiger partial charge is 0.371 e. The zero-order chi connectivity index (χ0) is 13.7. The van der Waals surface area contributed by atoms with E-state index in [-0.39, 0.29) is 0 Å². The molecule has 0 bridgehead atoms. The lowest BCUT2D eigenvalue weighted by molar-refractivity contribution is 0.598. The van der Waals surface area contributed by atoms with Crippen molar-refractivity contribution in [2.75, 3.05) is 36.0 Å². The number of rotatable bonds is 4. The Hall–Kier alpha value is -0.380. The van der Waals surface area contributed by atoms with Crippen LogP contribution < -0.4 is 10.2 Å². The molecule has 1 heterocycles. The van der Waals surface area contributed by atoms with E-state index in [2.05, 4.69) is 42.3 Å². The molecule has 1 aliphatic rings. The Balaban J connectivity index is 2.13. The zero-order valence-corrected chi connectivity index (χ0v) is 13.4. The number of hydrogen-bond acceptors (Lipinski definition) is 3. The summed E-state index contributed by atoms with van der Waals surface area (Å²) in [5, 5.41) is 4.29. The first-order valence-electron chi connectivity index (χ1n) is 7.08. The third-order valence-corrected chi connectivity index (χ3v) is 4.92. The Morgan fingerprint density at radius 1 is 1.37 bits per heavy atom. The molecule has 0 saturated carbocycles. The quantitative estimate of drug-likeness (QED) is 0.906. The van der Waals surface area contributed by atoms with E-state index >= 15 is 0 Å². The summed E-state index contributed by atoms with van der Waals surface area (Å²) in [5.41, 5.74) is 2.46. The Labute approximate surface area is 125 Å². The Morgan fingerprint density at radius 2 is 2.21 bits per heavy atom. The Kier molecular flexibility index (Phi) is 5.86. The van der Waals surface area contributed by atoms with E-state index < -0.39 is 0 Å². The van der Waals surface area contributed by atoms with Crippen LogP contribution in [0.2, 0.25) is 5.02 Å². The van der Waals surface area contributed by atoms with Crippen molar-refractivity contribution in [1.82, 2.24) is 5.32 Å². The average Bonchev–Trinajstić information content (AvgIpc) is 2.67. The highest BCUT2D eigenvalue weighted by atomic mass is 35.5. The van der Waals surface area contributed by atoms with Crippen LogP contribution >= 0.6 is 23.4 Å². The maximum absolute atomic E-state index is 6.45. The lowest BCUT2D eigenvalue weighted by atomic mass is 10.1. The molecule has 1 fully saturated rings. The maximum atomic E-state index is 6.45.